The van der Waals surface area contributed by atoms with Crippen LogP contribution in [0.15, 0.2) is 109 Å². The van der Waals surface area contributed by atoms with Gasteiger partial charge in [-0.25, -0.2) is 23.4 Å². The van der Waals surface area contributed by atoms with Gasteiger partial charge in [0.05, 0.1) is 28.7 Å². The normalized spacial score (nSPS) is 10.0. The molecule has 0 bridgehead atoms. The molecule has 0 saturated heterocycles. The van der Waals surface area contributed by atoms with E-state index in [4.69, 9.17) is 44.1 Å². The van der Waals surface area contributed by atoms with E-state index in [1.807, 2.05) is 36.4 Å². The number of non-ortho nitro benzene ring substituents is 1. The van der Waals surface area contributed by atoms with Gasteiger partial charge in [0.2, 0.25) is 0 Å². The van der Waals surface area contributed by atoms with Crippen LogP contribution in [0.25, 0.3) is 21.8 Å². The van der Waals surface area contributed by atoms with Crippen LogP contribution in [0.4, 0.5) is 23.0 Å². The minimum atomic E-state index is -4.61. The molecule has 0 unspecified atom stereocenters. The monoisotopic (exact) mass is 735 g/mol. The van der Waals surface area contributed by atoms with Crippen molar-refractivity contribution >= 4 is 66.5 Å². The number of halogens is 1. The van der Waals surface area contributed by atoms with Gasteiger partial charge in [0.25, 0.3) is 5.69 Å². The summed E-state index contributed by atoms with van der Waals surface area (Å²) in [6.45, 7) is -0.729. The van der Waals surface area contributed by atoms with E-state index < -0.39 is 31.7 Å². The minimum absolute atomic E-state index is 0. The van der Waals surface area contributed by atoms with Gasteiger partial charge in [0.1, 0.15) is 38.9 Å². The van der Waals surface area contributed by atoms with Crippen LogP contribution in [0, 0.1) is 10.1 Å². The number of fused-ring (bicyclic) bond motifs is 2. The number of hydrogen-bond acceptors (Lipinski definition) is 16. The number of nitrogens with two attached hydrogens (primary N) is 3. The first kappa shape index (κ1) is 43.4. The summed E-state index contributed by atoms with van der Waals surface area (Å²) >= 11 is 5.78. The first-order chi connectivity index (χ1) is 23.3. The van der Waals surface area contributed by atoms with Gasteiger partial charge < -0.3 is 37.1 Å². The molecule has 17 nitrogen and oxygen atoms in total. The van der Waals surface area contributed by atoms with E-state index in [1.54, 1.807) is 43.1 Å². The number of aromatic nitrogens is 5. The number of aliphatic hydroxyl groups is 3. The number of benzene rings is 1. The van der Waals surface area contributed by atoms with Crippen molar-refractivity contribution < 1.29 is 62.8 Å². The van der Waals surface area contributed by atoms with E-state index in [9.17, 15) is 23.1 Å². The maximum atomic E-state index is 10.4. The van der Waals surface area contributed by atoms with Crippen LogP contribution in [0.5, 0.6) is 0 Å². The predicted octanol–water partition coefficient (Wildman–Crippen LogP) is -0.424. The van der Waals surface area contributed by atoms with Gasteiger partial charge in [0, 0.05) is 53.9 Å². The zero-order valence-corrected chi connectivity index (χ0v) is 30.0. The topological polar surface area (TPSA) is 304 Å². The van der Waals surface area contributed by atoms with Crippen LogP contribution in [0.3, 0.4) is 0 Å². The number of nitrogen functional groups attached to an aromatic ring is 3. The molecule has 6 aromatic rings. The Hall–Kier alpha value is -4.63. The first-order valence-corrected chi connectivity index (χ1v) is 15.4. The number of rotatable bonds is 4. The Labute approximate surface area is 313 Å². The van der Waals surface area contributed by atoms with Gasteiger partial charge in [-0.2, -0.15) is 0 Å². The van der Waals surface area contributed by atoms with Crippen molar-refractivity contribution in [3.05, 3.63) is 119 Å². The Balaban J connectivity index is 0.000000318. The SMILES string of the molecule is Clc1nccc2cccnc12.Nc1cccnc1N.Nc1nccc2cccnc12.O=[N+]([O-])c1cccc(S(=O)(=O)[O-])c1.OCC(O)CO.[Na+]. The molecule has 0 amide bonds. The molecule has 50 heavy (non-hydrogen) atoms. The molecular weight excluding hydrogens is 705 g/mol. The fourth-order valence-electron chi connectivity index (χ4n) is 3.23. The van der Waals surface area contributed by atoms with E-state index in [0.29, 0.717) is 22.5 Å². The van der Waals surface area contributed by atoms with Crippen molar-refractivity contribution in [2.45, 2.75) is 11.0 Å². The largest absolute Gasteiger partial charge is 1.00 e. The van der Waals surface area contributed by atoms with Crippen LogP contribution < -0.4 is 46.8 Å². The van der Waals surface area contributed by atoms with E-state index in [-0.39, 0.29) is 42.8 Å². The maximum absolute atomic E-state index is 10.4. The third-order valence-electron chi connectivity index (χ3n) is 5.64. The summed E-state index contributed by atoms with van der Waals surface area (Å²) in [5, 5.41) is 36.7. The summed E-state index contributed by atoms with van der Waals surface area (Å²) < 4.78 is 31.3. The minimum Gasteiger partial charge on any atom is -0.744 e. The van der Waals surface area contributed by atoms with Crippen LogP contribution >= 0.6 is 11.6 Å². The van der Waals surface area contributed by atoms with Gasteiger partial charge in [-0.3, -0.25) is 20.1 Å². The molecule has 5 aromatic heterocycles. The number of aliphatic hydroxyl groups excluding tert-OH is 3. The van der Waals surface area contributed by atoms with Gasteiger partial charge in [0.15, 0.2) is 5.15 Å². The summed E-state index contributed by atoms with van der Waals surface area (Å²) in [7, 11) is -4.61. The Kier molecular flexibility index (Phi) is 19.2. The van der Waals surface area contributed by atoms with E-state index in [1.165, 1.54) is 0 Å². The molecular formula is C30H31ClN9NaO8S. The molecule has 0 saturated carbocycles. The predicted molar refractivity (Wildman–Crippen MR) is 183 cm³/mol. The quantitative estimate of drug-likeness (QED) is 0.0440. The Morgan fingerprint density at radius 1 is 0.740 bits per heavy atom. The number of hydrogen-bond donors (Lipinski definition) is 6. The molecule has 0 atom stereocenters. The van der Waals surface area contributed by atoms with Gasteiger partial charge in [-0.05, 0) is 42.5 Å². The van der Waals surface area contributed by atoms with Gasteiger partial charge >= 0.3 is 29.6 Å². The summed E-state index contributed by atoms with van der Waals surface area (Å²) in [6.07, 6.45) is 7.41. The zero-order chi connectivity index (χ0) is 36.4. The number of pyridine rings is 5. The molecule has 0 aliphatic rings. The second-order valence-corrected chi connectivity index (χ2v) is 10.9. The second-order valence-electron chi connectivity index (χ2n) is 9.15. The average Bonchev–Trinajstić information content (AvgIpc) is 3.10. The number of nitro groups is 1. The van der Waals surface area contributed by atoms with E-state index >= 15 is 0 Å². The fraction of sp³-hybridized carbons (Fsp3) is 0.100. The number of nitrogens with zero attached hydrogens (tertiary/aromatic N) is 6. The Morgan fingerprint density at radius 2 is 1.26 bits per heavy atom. The Bertz CT molecular complexity index is 1950. The molecule has 0 aliphatic heterocycles. The van der Waals surface area contributed by atoms with Crippen molar-refractivity contribution in [2.24, 2.45) is 0 Å². The zero-order valence-electron chi connectivity index (χ0n) is 26.4. The number of nitro benzene ring substituents is 1. The van der Waals surface area contributed by atoms with E-state index in [0.717, 1.165) is 46.1 Å². The molecule has 1 aromatic carbocycles. The van der Waals surface area contributed by atoms with Crippen molar-refractivity contribution in [2.75, 3.05) is 30.4 Å². The summed E-state index contributed by atoms with van der Waals surface area (Å²) in [6, 6.07) is 18.9. The fourth-order valence-corrected chi connectivity index (χ4v) is 3.96. The van der Waals surface area contributed by atoms with Crippen LogP contribution in [0.2, 0.25) is 5.15 Å². The van der Waals surface area contributed by atoms with Crippen LogP contribution in [0.1, 0.15) is 0 Å². The van der Waals surface area contributed by atoms with Gasteiger partial charge in [-0.15, -0.1) is 0 Å². The summed E-state index contributed by atoms with van der Waals surface area (Å²) in [4.78, 5) is 28.6. The van der Waals surface area contributed by atoms with Crippen molar-refractivity contribution in [1.29, 1.82) is 0 Å². The van der Waals surface area contributed by atoms with Crippen LogP contribution in [-0.2, 0) is 10.1 Å². The third-order valence-corrected chi connectivity index (χ3v) is 6.74. The maximum Gasteiger partial charge on any atom is 1.00 e. The third kappa shape index (κ3) is 14.9. The van der Waals surface area contributed by atoms with Gasteiger partial charge in [-0.1, -0.05) is 29.8 Å². The van der Waals surface area contributed by atoms with Crippen molar-refractivity contribution in [3.8, 4) is 0 Å². The van der Waals surface area contributed by atoms with E-state index in [2.05, 4.69) is 24.9 Å². The second kappa shape index (κ2) is 22.2. The standard InChI is InChI=1S/C8H5ClN2.C8H7N3.C6H5NO5S.C5H7N3.C3H8O3.Na/c2*9-8-7-6(3-5-11-8)2-1-4-10-7;8-7(9)5-2-1-3-6(4-5)13(10,11)12;6-4-2-1-3-8-5(4)7;4-1-3(6)2-5;/h1-5H;1-5H,(H2,9,11);1-4H,(H,10,11,12);1-3H,6H2,(H2,7,8);3-6H,1-2H2;/q;;;;;+1/p-1. The Morgan fingerprint density at radius 3 is 1.72 bits per heavy atom. The molecule has 258 valence electrons. The molecule has 6 rings (SSSR count). The molecule has 20 heteroatoms. The first-order valence-electron chi connectivity index (χ1n) is 13.6. The van der Waals surface area contributed by atoms with Crippen molar-refractivity contribution in [1.82, 2.24) is 24.9 Å². The molecule has 9 N–H and O–H groups in total. The summed E-state index contributed by atoms with van der Waals surface area (Å²) in [5.74, 6) is 0.885. The average molecular weight is 736 g/mol. The van der Waals surface area contributed by atoms with Crippen molar-refractivity contribution in [3.63, 3.8) is 0 Å². The smallest absolute Gasteiger partial charge is 0.744 e. The molecule has 5 heterocycles. The molecule has 0 spiro atoms. The molecule has 0 aliphatic carbocycles. The summed E-state index contributed by atoms with van der Waals surface area (Å²) in [5.41, 5.74) is 17.8. The van der Waals surface area contributed by atoms with Crippen LogP contribution in [-0.4, -0.2) is 77.5 Å². The number of anilines is 3. The molecule has 0 fully saturated rings. The molecule has 0 radical (unpaired) electrons.